The Balaban J connectivity index is 4.27. The van der Waals surface area contributed by atoms with Gasteiger partial charge in [-0.25, -0.2) is 4.79 Å². The molecule has 0 radical (unpaired) electrons. The first kappa shape index (κ1) is 12.2. The zero-order valence-electron chi connectivity index (χ0n) is 8.37. The molecule has 0 aliphatic rings. The Morgan fingerprint density at radius 2 is 1.92 bits per heavy atom. The van der Waals surface area contributed by atoms with E-state index in [4.69, 9.17) is 17.3 Å². The quantitative estimate of drug-likeness (QED) is 0.657. The Morgan fingerprint density at radius 1 is 1.46 bits per heavy atom. The van der Waals surface area contributed by atoms with Crippen molar-refractivity contribution >= 4 is 23.3 Å². The molecule has 0 saturated heterocycles. The minimum absolute atomic E-state index is 0.00963. The van der Waals surface area contributed by atoms with Crippen LogP contribution in [-0.4, -0.2) is 41.2 Å². The van der Waals surface area contributed by atoms with Crippen LogP contribution in [0.15, 0.2) is 0 Å². The number of aliphatic carboxylic acids is 1. The van der Waals surface area contributed by atoms with Gasteiger partial charge in [0.05, 0.1) is 0 Å². The molecule has 5 heteroatoms. The van der Waals surface area contributed by atoms with Crippen LogP contribution in [-0.2, 0) is 4.79 Å². The first-order valence-corrected chi connectivity index (χ1v) is 4.47. The summed E-state index contributed by atoms with van der Waals surface area (Å²) < 4.78 is 0. The highest BCUT2D eigenvalue weighted by atomic mass is 32.1. The summed E-state index contributed by atoms with van der Waals surface area (Å²) in [6, 6.07) is -0.616. The molecule has 0 rings (SSSR count). The van der Waals surface area contributed by atoms with E-state index in [1.54, 1.807) is 19.0 Å². The van der Waals surface area contributed by atoms with Crippen molar-refractivity contribution in [1.29, 1.82) is 0 Å². The van der Waals surface area contributed by atoms with Gasteiger partial charge in [0.25, 0.3) is 0 Å². The predicted octanol–water partition coefficient (Wildman–Crippen LogP) is 0.532. The van der Waals surface area contributed by atoms with Gasteiger partial charge >= 0.3 is 5.97 Å². The summed E-state index contributed by atoms with van der Waals surface area (Å²) in [5.74, 6) is -0.866. The van der Waals surface area contributed by atoms with Gasteiger partial charge in [0.15, 0.2) is 5.11 Å². The van der Waals surface area contributed by atoms with Crippen molar-refractivity contribution in [3.8, 4) is 0 Å². The summed E-state index contributed by atoms with van der Waals surface area (Å²) in [7, 11) is 3.54. The highest BCUT2D eigenvalue weighted by molar-refractivity contribution is 7.80. The predicted molar refractivity (Wildman–Crippen MR) is 55.7 cm³/mol. The molecular weight excluding hydrogens is 188 g/mol. The minimum Gasteiger partial charge on any atom is -0.480 e. The summed E-state index contributed by atoms with van der Waals surface area (Å²) in [5, 5.41) is 12.1. The molecule has 0 unspecified atom stereocenters. The van der Waals surface area contributed by atoms with Crippen molar-refractivity contribution in [2.24, 2.45) is 5.92 Å². The van der Waals surface area contributed by atoms with Crippen LogP contribution < -0.4 is 5.32 Å². The lowest BCUT2D eigenvalue weighted by atomic mass is 10.1. The molecule has 76 valence electrons. The SMILES string of the molecule is CC(C)[C@H](NC(=S)N(C)C)C(=O)O. The van der Waals surface area contributed by atoms with Gasteiger partial charge in [-0.1, -0.05) is 13.8 Å². The van der Waals surface area contributed by atoms with Crippen LogP contribution in [0.2, 0.25) is 0 Å². The lowest BCUT2D eigenvalue weighted by Crippen LogP contribution is -2.47. The van der Waals surface area contributed by atoms with E-state index >= 15 is 0 Å². The third-order valence-electron chi connectivity index (χ3n) is 1.62. The van der Waals surface area contributed by atoms with Crippen LogP contribution in [0.25, 0.3) is 0 Å². The minimum atomic E-state index is -0.876. The molecule has 0 spiro atoms. The van der Waals surface area contributed by atoms with Crippen LogP contribution in [0.5, 0.6) is 0 Å². The summed E-state index contributed by atoms with van der Waals surface area (Å²) in [5.41, 5.74) is 0. The van der Waals surface area contributed by atoms with Crippen molar-refractivity contribution in [2.45, 2.75) is 19.9 Å². The first-order valence-electron chi connectivity index (χ1n) is 4.07. The standard InChI is InChI=1S/C8H16N2O2S/c1-5(2)6(7(11)12)9-8(13)10(3)4/h5-6H,1-4H3,(H,9,13)(H,11,12)/t6-/m0/s1. The maximum Gasteiger partial charge on any atom is 0.326 e. The topological polar surface area (TPSA) is 52.6 Å². The molecule has 0 bridgehead atoms. The second-order valence-electron chi connectivity index (χ2n) is 3.40. The lowest BCUT2D eigenvalue weighted by molar-refractivity contribution is -0.140. The molecule has 0 saturated carbocycles. The third-order valence-corrected chi connectivity index (χ3v) is 2.10. The number of rotatable bonds is 3. The molecule has 0 fully saturated rings. The highest BCUT2D eigenvalue weighted by Gasteiger charge is 2.22. The molecule has 0 aliphatic carbocycles. The van der Waals surface area contributed by atoms with Gasteiger partial charge in [0, 0.05) is 14.1 Å². The second kappa shape index (κ2) is 5.01. The van der Waals surface area contributed by atoms with Gasteiger partial charge in [-0.3, -0.25) is 0 Å². The van der Waals surface area contributed by atoms with Crippen molar-refractivity contribution in [3.05, 3.63) is 0 Å². The van der Waals surface area contributed by atoms with Gasteiger partial charge < -0.3 is 15.3 Å². The number of hydrogen-bond acceptors (Lipinski definition) is 2. The fourth-order valence-electron chi connectivity index (χ4n) is 0.776. The van der Waals surface area contributed by atoms with Crippen LogP contribution in [0.3, 0.4) is 0 Å². The molecule has 0 aromatic carbocycles. The Kier molecular flexibility index (Phi) is 4.69. The maximum atomic E-state index is 10.8. The van der Waals surface area contributed by atoms with Crippen LogP contribution >= 0.6 is 12.2 Å². The molecule has 13 heavy (non-hydrogen) atoms. The van der Waals surface area contributed by atoms with E-state index in [0.29, 0.717) is 5.11 Å². The number of nitrogens with zero attached hydrogens (tertiary/aromatic N) is 1. The average Bonchev–Trinajstić information content (AvgIpc) is 1.97. The van der Waals surface area contributed by atoms with Crippen LogP contribution in [0, 0.1) is 5.92 Å². The van der Waals surface area contributed by atoms with Crippen molar-refractivity contribution in [1.82, 2.24) is 10.2 Å². The summed E-state index contributed by atoms with van der Waals surface area (Å²) >= 11 is 4.94. The van der Waals surface area contributed by atoms with Crippen molar-refractivity contribution in [3.63, 3.8) is 0 Å². The fourth-order valence-corrected chi connectivity index (χ4v) is 0.903. The molecule has 0 aliphatic heterocycles. The van der Waals surface area contributed by atoms with Crippen molar-refractivity contribution in [2.75, 3.05) is 14.1 Å². The fraction of sp³-hybridized carbons (Fsp3) is 0.750. The Hall–Kier alpha value is -0.840. The maximum absolute atomic E-state index is 10.8. The molecule has 0 aromatic heterocycles. The number of thiocarbonyl (C=S) groups is 1. The Bertz CT molecular complexity index is 204. The molecule has 0 heterocycles. The number of nitrogens with one attached hydrogen (secondary N) is 1. The zero-order chi connectivity index (χ0) is 10.6. The van der Waals surface area contributed by atoms with Crippen molar-refractivity contribution < 1.29 is 9.90 Å². The molecule has 0 amide bonds. The monoisotopic (exact) mass is 204 g/mol. The first-order chi connectivity index (χ1) is 5.86. The number of carbonyl (C=O) groups is 1. The van der Waals surface area contributed by atoms with Gasteiger partial charge in [-0.2, -0.15) is 0 Å². The molecule has 2 N–H and O–H groups in total. The van der Waals surface area contributed by atoms with E-state index in [1.165, 1.54) is 0 Å². The zero-order valence-corrected chi connectivity index (χ0v) is 9.18. The van der Waals surface area contributed by atoms with E-state index in [9.17, 15) is 4.79 Å². The van der Waals surface area contributed by atoms with E-state index in [-0.39, 0.29) is 5.92 Å². The van der Waals surface area contributed by atoms with E-state index in [2.05, 4.69) is 5.32 Å². The lowest BCUT2D eigenvalue weighted by Gasteiger charge is -2.23. The normalized spacial score (nSPS) is 12.4. The molecule has 0 aromatic rings. The van der Waals surface area contributed by atoms with Crippen LogP contribution in [0.1, 0.15) is 13.8 Å². The van der Waals surface area contributed by atoms with Crippen LogP contribution in [0.4, 0.5) is 0 Å². The average molecular weight is 204 g/mol. The Labute approximate surface area is 83.9 Å². The van der Waals surface area contributed by atoms with Gasteiger partial charge in [-0.05, 0) is 18.1 Å². The summed E-state index contributed by atoms with van der Waals surface area (Å²) in [6.45, 7) is 3.67. The third kappa shape index (κ3) is 4.07. The molecular formula is C8H16N2O2S. The number of carboxylic acid groups (broad SMARTS) is 1. The molecule has 4 nitrogen and oxygen atoms in total. The highest BCUT2D eigenvalue weighted by Crippen LogP contribution is 2.01. The smallest absolute Gasteiger partial charge is 0.326 e. The van der Waals surface area contributed by atoms with Gasteiger partial charge in [0.1, 0.15) is 6.04 Å². The summed E-state index contributed by atoms with van der Waals surface area (Å²) in [4.78, 5) is 12.4. The second-order valence-corrected chi connectivity index (χ2v) is 3.79. The largest absolute Gasteiger partial charge is 0.480 e. The Morgan fingerprint density at radius 3 is 2.15 bits per heavy atom. The summed E-state index contributed by atoms with van der Waals surface area (Å²) in [6.07, 6.45) is 0. The number of hydrogen-bond donors (Lipinski definition) is 2. The van der Waals surface area contributed by atoms with E-state index in [1.807, 2.05) is 13.8 Å². The van der Waals surface area contributed by atoms with Gasteiger partial charge in [0.2, 0.25) is 0 Å². The number of carboxylic acids is 1. The molecule has 1 atom stereocenters. The van der Waals surface area contributed by atoms with E-state index in [0.717, 1.165) is 0 Å². The van der Waals surface area contributed by atoms with Gasteiger partial charge in [-0.15, -0.1) is 0 Å². The van der Waals surface area contributed by atoms with E-state index < -0.39 is 12.0 Å².